The van der Waals surface area contributed by atoms with Crippen molar-refractivity contribution in [2.45, 2.75) is 0 Å². The zero-order valence-corrected chi connectivity index (χ0v) is 5.46. The van der Waals surface area contributed by atoms with Gasteiger partial charge < -0.3 is 11.1 Å². The average Bonchev–Trinajstić information content (AvgIpc) is 1.94. The Kier molecular flexibility index (Phi) is 1.89. The van der Waals surface area contributed by atoms with Crippen molar-refractivity contribution in [2.24, 2.45) is 0 Å². The van der Waals surface area contributed by atoms with Gasteiger partial charge in [0.05, 0.1) is 17.7 Å². The molecule has 0 aliphatic rings. The van der Waals surface area contributed by atoms with Crippen LogP contribution in [0.4, 0.5) is 11.4 Å². The highest BCUT2D eigenvalue weighted by Crippen LogP contribution is 2.14. The summed E-state index contributed by atoms with van der Waals surface area (Å²) in [5, 5.41) is 9.44. The second-order valence-corrected chi connectivity index (χ2v) is 1.88. The van der Waals surface area contributed by atoms with Crippen molar-refractivity contribution in [1.29, 1.82) is 5.41 Å². The number of nitrogen functional groups attached to an aromatic ring is 1. The van der Waals surface area contributed by atoms with E-state index in [9.17, 15) is 0 Å². The van der Waals surface area contributed by atoms with Gasteiger partial charge in [0, 0.05) is 0 Å². The van der Waals surface area contributed by atoms with Gasteiger partial charge in [-0.25, -0.2) is 0 Å². The molecule has 3 nitrogen and oxygen atoms in total. The Balaban J connectivity index is 2.91. The van der Waals surface area contributed by atoms with Crippen LogP contribution in [0.3, 0.4) is 0 Å². The number of nitrogens with two attached hydrogens (primary N) is 1. The Morgan fingerprint density at radius 2 is 2.10 bits per heavy atom. The fourth-order valence-corrected chi connectivity index (χ4v) is 0.706. The molecule has 0 unspecified atom stereocenters. The maximum absolute atomic E-state index is 6.75. The lowest BCUT2D eigenvalue weighted by molar-refractivity contribution is 1.53. The Labute approximate surface area is 59.4 Å². The van der Waals surface area contributed by atoms with E-state index in [0.717, 1.165) is 12.0 Å². The molecule has 4 N–H and O–H groups in total. The standard InChI is InChI=1S/C7H9N3/c8-5-10-7-4-2-1-3-6(7)9/h1-5H,9H2,(H2,8,10). The number of hydrogen-bond donors (Lipinski definition) is 3. The minimum Gasteiger partial charge on any atom is -0.397 e. The SMILES string of the molecule is N=CNc1ccccc1N. The molecule has 1 aromatic carbocycles. The van der Waals surface area contributed by atoms with E-state index in [2.05, 4.69) is 5.32 Å². The fourth-order valence-electron chi connectivity index (χ4n) is 0.706. The third-order valence-corrected chi connectivity index (χ3v) is 1.19. The first-order valence-electron chi connectivity index (χ1n) is 2.94. The normalized spacial score (nSPS) is 8.80. The third-order valence-electron chi connectivity index (χ3n) is 1.19. The van der Waals surface area contributed by atoms with Gasteiger partial charge in [0.1, 0.15) is 0 Å². The van der Waals surface area contributed by atoms with E-state index in [4.69, 9.17) is 11.1 Å². The highest BCUT2D eigenvalue weighted by Gasteiger charge is 1.91. The Bertz CT molecular complexity index is 232. The van der Waals surface area contributed by atoms with Crippen LogP contribution in [0.5, 0.6) is 0 Å². The predicted octanol–water partition coefficient (Wildman–Crippen LogP) is 1.29. The van der Waals surface area contributed by atoms with E-state index in [-0.39, 0.29) is 0 Å². The summed E-state index contributed by atoms with van der Waals surface area (Å²) < 4.78 is 0. The molecule has 0 aromatic heterocycles. The molecule has 0 aliphatic carbocycles. The van der Waals surface area contributed by atoms with Gasteiger partial charge in [-0.15, -0.1) is 0 Å². The summed E-state index contributed by atoms with van der Waals surface area (Å²) >= 11 is 0. The topological polar surface area (TPSA) is 61.9 Å². The minimum atomic E-state index is 0.658. The summed E-state index contributed by atoms with van der Waals surface area (Å²) in [6.45, 7) is 0. The maximum atomic E-state index is 6.75. The molecule has 0 atom stereocenters. The van der Waals surface area contributed by atoms with Crippen molar-refractivity contribution >= 4 is 17.7 Å². The lowest BCUT2D eigenvalue weighted by Crippen LogP contribution is -1.97. The van der Waals surface area contributed by atoms with Gasteiger partial charge in [0.2, 0.25) is 0 Å². The highest BCUT2D eigenvalue weighted by molar-refractivity contribution is 5.80. The van der Waals surface area contributed by atoms with Gasteiger partial charge >= 0.3 is 0 Å². The number of hydrogen-bond acceptors (Lipinski definition) is 2. The largest absolute Gasteiger partial charge is 0.397 e. The monoisotopic (exact) mass is 135 g/mol. The van der Waals surface area contributed by atoms with Crippen molar-refractivity contribution in [2.75, 3.05) is 11.1 Å². The molecule has 3 heteroatoms. The first kappa shape index (κ1) is 6.61. The summed E-state index contributed by atoms with van der Waals surface area (Å²) in [5.74, 6) is 0. The van der Waals surface area contributed by atoms with Gasteiger partial charge in [0.15, 0.2) is 0 Å². The molecular formula is C7H9N3. The van der Waals surface area contributed by atoms with Crippen LogP contribution in [0, 0.1) is 5.41 Å². The van der Waals surface area contributed by atoms with Crippen LogP contribution in [-0.2, 0) is 0 Å². The molecule has 0 saturated carbocycles. The molecule has 0 spiro atoms. The number of anilines is 2. The number of benzene rings is 1. The Morgan fingerprint density at radius 3 is 2.70 bits per heavy atom. The summed E-state index contributed by atoms with van der Waals surface area (Å²) in [7, 11) is 0. The molecule has 52 valence electrons. The molecular weight excluding hydrogens is 126 g/mol. The minimum absolute atomic E-state index is 0.658. The molecule has 10 heavy (non-hydrogen) atoms. The van der Waals surface area contributed by atoms with Gasteiger partial charge in [0.25, 0.3) is 0 Å². The van der Waals surface area contributed by atoms with E-state index in [0.29, 0.717) is 5.69 Å². The van der Waals surface area contributed by atoms with Crippen LogP contribution in [-0.4, -0.2) is 6.34 Å². The molecule has 0 bridgehead atoms. The van der Waals surface area contributed by atoms with Gasteiger partial charge in [-0.2, -0.15) is 0 Å². The zero-order valence-electron chi connectivity index (χ0n) is 5.46. The van der Waals surface area contributed by atoms with Crippen molar-refractivity contribution in [1.82, 2.24) is 0 Å². The van der Waals surface area contributed by atoms with Crippen molar-refractivity contribution < 1.29 is 0 Å². The number of rotatable bonds is 2. The Hall–Kier alpha value is -1.51. The summed E-state index contributed by atoms with van der Waals surface area (Å²) in [5.41, 5.74) is 6.97. The van der Waals surface area contributed by atoms with Gasteiger partial charge in [-0.3, -0.25) is 5.41 Å². The second-order valence-electron chi connectivity index (χ2n) is 1.88. The van der Waals surface area contributed by atoms with Crippen molar-refractivity contribution in [3.8, 4) is 0 Å². The fraction of sp³-hybridized carbons (Fsp3) is 0. The summed E-state index contributed by atoms with van der Waals surface area (Å²) in [6, 6.07) is 7.32. The molecule has 0 saturated heterocycles. The predicted molar refractivity (Wildman–Crippen MR) is 43.3 cm³/mol. The van der Waals surface area contributed by atoms with Crippen molar-refractivity contribution in [3.63, 3.8) is 0 Å². The van der Waals surface area contributed by atoms with Crippen LogP contribution in [0.25, 0.3) is 0 Å². The quantitative estimate of drug-likeness (QED) is 0.325. The molecule has 0 radical (unpaired) electrons. The number of para-hydroxylation sites is 2. The third kappa shape index (κ3) is 1.25. The van der Waals surface area contributed by atoms with Crippen LogP contribution in [0.15, 0.2) is 24.3 Å². The zero-order chi connectivity index (χ0) is 7.40. The van der Waals surface area contributed by atoms with Crippen LogP contribution >= 0.6 is 0 Å². The summed E-state index contributed by atoms with van der Waals surface area (Å²) in [6.07, 6.45) is 1.10. The van der Waals surface area contributed by atoms with Crippen LogP contribution in [0.2, 0.25) is 0 Å². The first-order valence-corrected chi connectivity index (χ1v) is 2.94. The van der Waals surface area contributed by atoms with E-state index >= 15 is 0 Å². The Morgan fingerprint density at radius 1 is 1.40 bits per heavy atom. The van der Waals surface area contributed by atoms with E-state index in [1.54, 1.807) is 6.07 Å². The molecule has 0 amide bonds. The maximum Gasteiger partial charge on any atom is 0.0835 e. The van der Waals surface area contributed by atoms with Gasteiger partial charge in [-0.05, 0) is 12.1 Å². The van der Waals surface area contributed by atoms with Crippen LogP contribution < -0.4 is 11.1 Å². The molecule has 1 aromatic rings. The average molecular weight is 135 g/mol. The number of nitrogens with one attached hydrogen (secondary N) is 2. The van der Waals surface area contributed by atoms with Crippen LogP contribution in [0.1, 0.15) is 0 Å². The van der Waals surface area contributed by atoms with E-state index in [1.807, 2.05) is 18.2 Å². The smallest absolute Gasteiger partial charge is 0.0835 e. The van der Waals surface area contributed by atoms with Gasteiger partial charge in [-0.1, -0.05) is 12.1 Å². The van der Waals surface area contributed by atoms with E-state index in [1.165, 1.54) is 0 Å². The molecule has 0 heterocycles. The molecule has 0 aliphatic heterocycles. The lowest BCUT2D eigenvalue weighted by atomic mass is 10.3. The van der Waals surface area contributed by atoms with Crippen molar-refractivity contribution in [3.05, 3.63) is 24.3 Å². The lowest BCUT2D eigenvalue weighted by Gasteiger charge is -2.01. The molecule has 1 rings (SSSR count). The summed E-state index contributed by atoms with van der Waals surface area (Å²) in [4.78, 5) is 0. The first-order chi connectivity index (χ1) is 4.84. The van der Waals surface area contributed by atoms with E-state index < -0.39 is 0 Å². The highest BCUT2D eigenvalue weighted by atomic mass is 14.9. The second kappa shape index (κ2) is 2.87. The molecule has 0 fully saturated rings.